The molecule has 0 spiro atoms. The fourth-order valence-electron chi connectivity index (χ4n) is 2.53. The van der Waals surface area contributed by atoms with Crippen LogP contribution in [0.4, 0.5) is 0 Å². The second kappa shape index (κ2) is 6.75. The third-order valence-electron chi connectivity index (χ3n) is 3.49. The van der Waals surface area contributed by atoms with Gasteiger partial charge in [0.05, 0.1) is 12.5 Å². The Hall–Kier alpha value is -1.55. The summed E-state index contributed by atoms with van der Waals surface area (Å²) in [6, 6.07) is 7.87. The molecule has 1 aliphatic heterocycles. The van der Waals surface area contributed by atoms with E-state index in [0.717, 1.165) is 30.7 Å². The Morgan fingerprint density at radius 3 is 2.90 bits per heavy atom. The number of benzene rings is 1. The molecule has 0 saturated carbocycles. The van der Waals surface area contributed by atoms with Gasteiger partial charge < -0.3 is 15.4 Å². The second-order valence-corrected chi connectivity index (χ2v) is 5.69. The third kappa shape index (κ3) is 3.97. The summed E-state index contributed by atoms with van der Waals surface area (Å²) in [5, 5.41) is 0. The van der Waals surface area contributed by atoms with Crippen molar-refractivity contribution >= 4 is 5.91 Å². The Morgan fingerprint density at radius 2 is 2.20 bits per heavy atom. The summed E-state index contributed by atoms with van der Waals surface area (Å²) >= 11 is 0. The molecular formula is C16H24N2O2. The lowest BCUT2D eigenvalue weighted by atomic mass is 10.0. The number of likely N-dealkylation sites (tertiary alicyclic amines) is 1. The fraction of sp³-hybridized carbons (Fsp3) is 0.562. The van der Waals surface area contributed by atoms with E-state index >= 15 is 0 Å². The van der Waals surface area contributed by atoms with Crippen molar-refractivity contribution < 1.29 is 9.53 Å². The van der Waals surface area contributed by atoms with Crippen molar-refractivity contribution in [2.24, 2.45) is 5.73 Å². The Balaban J connectivity index is 2.03. The van der Waals surface area contributed by atoms with Crippen molar-refractivity contribution in [3.8, 4) is 5.75 Å². The van der Waals surface area contributed by atoms with Crippen LogP contribution >= 0.6 is 0 Å². The van der Waals surface area contributed by atoms with E-state index in [9.17, 15) is 4.79 Å². The fourth-order valence-corrected chi connectivity index (χ4v) is 2.53. The zero-order chi connectivity index (χ0) is 14.5. The Bertz CT molecular complexity index is 460. The van der Waals surface area contributed by atoms with Crippen LogP contribution in [0.5, 0.6) is 5.75 Å². The van der Waals surface area contributed by atoms with Crippen LogP contribution in [-0.4, -0.2) is 36.0 Å². The summed E-state index contributed by atoms with van der Waals surface area (Å²) in [7, 11) is 0. The molecule has 1 amide bonds. The molecule has 0 unspecified atom stereocenters. The number of rotatable bonds is 4. The topological polar surface area (TPSA) is 55.6 Å². The quantitative estimate of drug-likeness (QED) is 0.914. The molecule has 1 fully saturated rings. The van der Waals surface area contributed by atoms with Crippen LogP contribution in [0.15, 0.2) is 24.3 Å². The average molecular weight is 276 g/mol. The molecule has 1 atom stereocenters. The molecule has 1 aromatic carbocycles. The minimum absolute atomic E-state index is 0.106. The van der Waals surface area contributed by atoms with Crippen molar-refractivity contribution in [2.75, 3.05) is 13.1 Å². The predicted octanol–water partition coefficient (Wildman–Crippen LogP) is 1.97. The third-order valence-corrected chi connectivity index (χ3v) is 3.49. The van der Waals surface area contributed by atoms with Crippen molar-refractivity contribution in [1.29, 1.82) is 0 Å². The number of para-hydroxylation sites is 1. The lowest BCUT2D eigenvalue weighted by molar-refractivity contribution is -0.131. The molecule has 1 aromatic rings. The molecule has 0 radical (unpaired) electrons. The van der Waals surface area contributed by atoms with Gasteiger partial charge in [0.15, 0.2) is 0 Å². The zero-order valence-corrected chi connectivity index (χ0v) is 12.3. The summed E-state index contributed by atoms with van der Waals surface area (Å²) < 4.78 is 5.76. The first-order valence-electron chi connectivity index (χ1n) is 7.34. The van der Waals surface area contributed by atoms with Crippen molar-refractivity contribution in [3.05, 3.63) is 29.8 Å². The smallest absolute Gasteiger partial charge is 0.227 e. The van der Waals surface area contributed by atoms with E-state index in [1.165, 1.54) is 0 Å². The Labute approximate surface area is 120 Å². The average Bonchev–Trinajstić information content (AvgIpc) is 2.40. The van der Waals surface area contributed by atoms with Crippen LogP contribution in [0.3, 0.4) is 0 Å². The van der Waals surface area contributed by atoms with Crippen molar-refractivity contribution in [1.82, 2.24) is 4.90 Å². The number of hydrogen-bond acceptors (Lipinski definition) is 3. The van der Waals surface area contributed by atoms with Gasteiger partial charge in [-0.15, -0.1) is 0 Å². The second-order valence-electron chi connectivity index (χ2n) is 5.69. The summed E-state index contributed by atoms with van der Waals surface area (Å²) in [5.74, 6) is 0.942. The van der Waals surface area contributed by atoms with E-state index in [-0.39, 0.29) is 18.1 Å². The number of carbonyl (C=O) groups is 1. The van der Waals surface area contributed by atoms with Crippen LogP contribution in [0.25, 0.3) is 0 Å². The van der Waals surface area contributed by atoms with E-state index in [0.29, 0.717) is 13.0 Å². The number of nitrogens with zero attached hydrogens (tertiary/aromatic N) is 1. The lowest BCUT2D eigenvalue weighted by Crippen LogP contribution is -2.46. The minimum atomic E-state index is 0.106. The number of nitrogens with two attached hydrogens (primary N) is 1. The van der Waals surface area contributed by atoms with Gasteiger partial charge in [0, 0.05) is 24.7 Å². The SMILES string of the molecule is CC(C)Oc1ccccc1CC(=O)N1CCC[C@@H](N)C1. The summed E-state index contributed by atoms with van der Waals surface area (Å²) in [6.45, 7) is 5.47. The van der Waals surface area contributed by atoms with Gasteiger partial charge in [0.25, 0.3) is 0 Å². The molecule has 4 nitrogen and oxygen atoms in total. The van der Waals surface area contributed by atoms with Gasteiger partial charge in [-0.25, -0.2) is 0 Å². The number of carbonyl (C=O) groups excluding carboxylic acids is 1. The number of amides is 1. The number of hydrogen-bond donors (Lipinski definition) is 1. The summed E-state index contributed by atoms with van der Waals surface area (Å²) in [6.07, 6.45) is 2.50. The van der Waals surface area contributed by atoms with Crippen LogP contribution in [0.1, 0.15) is 32.3 Å². The van der Waals surface area contributed by atoms with Crippen molar-refractivity contribution in [3.63, 3.8) is 0 Å². The van der Waals surface area contributed by atoms with E-state index in [4.69, 9.17) is 10.5 Å². The largest absolute Gasteiger partial charge is 0.491 e. The molecule has 20 heavy (non-hydrogen) atoms. The normalized spacial score (nSPS) is 19.2. The molecule has 2 rings (SSSR count). The van der Waals surface area contributed by atoms with Gasteiger partial charge in [0.1, 0.15) is 5.75 Å². The summed E-state index contributed by atoms with van der Waals surface area (Å²) in [5.41, 5.74) is 6.88. The van der Waals surface area contributed by atoms with Gasteiger partial charge in [-0.1, -0.05) is 18.2 Å². The maximum Gasteiger partial charge on any atom is 0.227 e. The first-order valence-corrected chi connectivity index (χ1v) is 7.34. The van der Waals surface area contributed by atoms with E-state index in [2.05, 4.69) is 0 Å². The first-order chi connectivity index (χ1) is 9.56. The molecule has 1 saturated heterocycles. The van der Waals surface area contributed by atoms with E-state index in [1.807, 2.05) is 43.0 Å². The molecule has 0 aromatic heterocycles. The maximum absolute atomic E-state index is 12.4. The van der Waals surface area contributed by atoms with Gasteiger partial charge in [0.2, 0.25) is 5.91 Å². The molecular weight excluding hydrogens is 252 g/mol. The van der Waals surface area contributed by atoms with E-state index in [1.54, 1.807) is 0 Å². The van der Waals surface area contributed by atoms with Crippen LogP contribution in [-0.2, 0) is 11.2 Å². The van der Waals surface area contributed by atoms with Gasteiger partial charge >= 0.3 is 0 Å². The first kappa shape index (κ1) is 14.9. The molecule has 4 heteroatoms. The highest BCUT2D eigenvalue weighted by Gasteiger charge is 2.22. The Morgan fingerprint density at radius 1 is 1.45 bits per heavy atom. The zero-order valence-electron chi connectivity index (χ0n) is 12.3. The van der Waals surface area contributed by atoms with Crippen LogP contribution in [0, 0.1) is 0 Å². The molecule has 110 valence electrons. The molecule has 1 heterocycles. The highest BCUT2D eigenvalue weighted by Crippen LogP contribution is 2.21. The monoisotopic (exact) mass is 276 g/mol. The molecule has 2 N–H and O–H groups in total. The van der Waals surface area contributed by atoms with Gasteiger partial charge in [-0.3, -0.25) is 4.79 Å². The predicted molar refractivity (Wildman–Crippen MR) is 79.7 cm³/mol. The minimum Gasteiger partial charge on any atom is -0.491 e. The number of ether oxygens (including phenoxy) is 1. The summed E-state index contributed by atoms with van der Waals surface area (Å²) in [4.78, 5) is 14.2. The highest BCUT2D eigenvalue weighted by molar-refractivity contribution is 5.79. The van der Waals surface area contributed by atoms with Gasteiger partial charge in [-0.05, 0) is 32.8 Å². The molecule has 0 bridgehead atoms. The van der Waals surface area contributed by atoms with E-state index < -0.39 is 0 Å². The number of piperidine rings is 1. The van der Waals surface area contributed by atoms with Crippen LogP contribution in [0.2, 0.25) is 0 Å². The lowest BCUT2D eigenvalue weighted by Gasteiger charge is -2.31. The van der Waals surface area contributed by atoms with Crippen LogP contribution < -0.4 is 10.5 Å². The highest BCUT2D eigenvalue weighted by atomic mass is 16.5. The van der Waals surface area contributed by atoms with Gasteiger partial charge in [-0.2, -0.15) is 0 Å². The molecule has 1 aliphatic rings. The molecule has 0 aliphatic carbocycles. The Kier molecular flexibility index (Phi) is 5.01. The maximum atomic E-state index is 12.4. The standard InChI is InChI=1S/C16H24N2O2/c1-12(2)20-15-8-4-3-6-13(15)10-16(19)18-9-5-7-14(17)11-18/h3-4,6,8,12,14H,5,7,9-11,17H2,1-2H3/t14-/m1/s1. The van der Waals surface area contributed by atoms with Crippen molar-refractivity contribution in [2.45, 2.75) is 45.3 Å².